The molecule has 0 spiro atoms. The topological polar surface area (TPSA) is 92.8 Å². The van der Waals surface area contributed by atoms with Crippen molar-refractivity contribution >= 4 is 17.1 Å². The van der Waals surface area contributed by atoms with E-state index in [1.807, 2.05) is 0 Å². The summed E-state index contributed by atoms with van der Waals surface area (Å²) in [6, 6.07) is 4.86. The zero-order chi connectivity index (χ0) is 11.7. The highest BCUT2D eigenvalue weighted by Crippen LogP contribution is 2.24. The standard InChI is InChI=1S/C10H9NO5/c1-15-5-2-3-6-7(4-5)16-9(11-6)8(12)10(13)14/h2-4,8,12H,1H3,(H,13,14). The van der Waals surface area contributed by atoms with Crippen LogP contribution in [0, 0.1) is 0 Å². The van der Waals surface area contributed by atoms with Crippen molar-refractivity contribution in [2.45, 2.75) is 6.10 Å². The van der Waals surface area contributed by atoms with Crippen LogP contribution in [0.3, 0.4) is 0 Å². The summed E-state index contributed by atoms with van der Waals surface area (Å²) in [6.45, 7) is 0. The molecule has 0 saturated carbocycles. The van der Waals surface area contributed by atoms with Gasteiger partial charge in [0.25, 0.3) is 0 Å². The van der Waals surface area contributed by atoms with Crippen molar-refractivity contribution in [3.05, 3.63) is 24.1 Å². The van der Waals surface area contributed by atoms with Gasteiger partial charge in [0.2, 0.25) is 12.0 Å². The molecule has 6 nitrogen and oxygen atoms in total. The molecule has 2 rings (SSSR count). The first-order chi connectivity index (χ1) is 7.61. The summed E-state index contributed by atoms with van der Waals surface area (Å²) in [5, 5.41) is 17.8. The maximum Gasteiger partial charge on any atom is 0.342 e. The van der Waals surface area contributed by atoms with E-state index in [0.29, 0.717) is 16.8 Å². The van der Waals surface area contributed by atoms with Gasteiger partial charge in [-0.3, -0.25) is 0 Å². The first-order valence-corrected chi connectivity index (χ1v) is 4.47. The summed E-state index contributed by atoms with van der Waals surface area (Å²) in [6.07, 6.45) is -1.75. The Morgan fingerprint density at radius 2 is 2.31 bits per heavy atom. The van der Waals surface area contributed by atoms with Crippen molar-refractivity contribution in [2.24, 2.45) is 0 Å². The van der Waals surface area contributed by atoms with Crippen molar-refractivity contribution in [3.8, 4) is 5.75 Å². The summed E-state index contributed by atoms with van der Waals surface area (Å²) in [4.78, 5) is 14.4. The van der Waals surface area contributed by atoms with E-state index in [2.05, 4.69) is 4.98 Å². The van der Waals surface area contributed by atoms with Crippen LogP contribution in [0.25, 0.3) is 11.1 Å². The molecule has 0 bridgehead atoms. The molecule has 6 heteroatoms. The number of rotatable bonds is 3. The average Bonchev–Trinajstić information content (AvgIpc) is 2.69. The Morgan fingerprint density at radius 3 is 2.94 bits per heavy atom. The lowest BCUT2D eigenvalue weighted by molar-refractivity contribution is -0.148. The Bertz CT molecular complexity index is 533. The molecule has 16 heavy (non-hydrogen) atoms. The summed E-state index contributed by atoms with van der Waals surface area (Å²) in [7, 11) is 1.50. The molecule has 1 aromatic heterocycles. The Hall–Kier alpha value is -2.08. The average molecular weight is 223 g/mol. The number of hydrogen-bond acceptors (Lipinski definition) is 5. The molecule has 2 aromatic rings. The van der Waals surface area contributed by atoms with E-state index in [1.54, 1.807) is 18.2 Å². The lowest BCUT2D eigenvalue weighted by atomic mass is 10.3. The second-order valence-corrected chi connectivity index (χ2v) is 3.13. The molecule has 0 aliphatic carbocycles. The van der Waals surface area contributed by atoms with Gasteiger partial charge in [0.1, 0.15) is 11.3 Å². The number of methoxy groups -OCH3 is 1. The minimum Gasteiger partial charge on any atom is -0.497 e. The van der Waals surface area contributed by atoms with Gasteiger partial charge in [-0.15, -0.1) is 0 Å². The van der Waals surface area contributed by atoms with E-state index < -0.39 is 12.1 Å². The molecule has 0 fully saturated rings. The number of carboxylic acid groups (broad SMARTS) is 1. The predicted octanol–water partition coefficient (Wildman–Crippen LogP) is 0.954. The fraction of sp³-hybridized carbons (Fsp3) is 0.200. The summed E-state index contributed by atoms with van der Waals surface area (Å²) in [5.74, 6) is -1.07. The van der Waals surface area contributed by atoms with Gasteiger partial charge in [-0.2, -0.15) is 0 Å². The molecule has 0 radical (unpaired) electrons. The minimum absolute atomic E-state index is 0.240. The number of aliphatic hydroxyl groups is 1. The number of aliphatic carboxylic acids is 1. The summed E-state index contributed by atoms with van der Waals surface area (Å²) >= 11 is 0. The highest BCUT2D eigenvalue weighted by atomic mass is 16.5. The fourth-order valence-corrected chi connectivity index (χ4v) is 1.27. The van der Waals surface area contributed by atoms with Crippen molar-refractivity contribution in [1.29, 1.82) is 0 Å². The van der Waals surface area contributed by atoms with Crippen molar-refractivity contribution in [2.75, 3.05) is 7.11 Å². The number of aromatic nitrogens is 1. The number of hydrogen-bond donors (Lipinski definition) is 2. The van der Waals surface area contributed by atoms with Gasteiger partial charge >= 0.3 is 5.97 Å². The van der Waals surface area contributed by atoms with Crippen LogP contribution in [0.5, 0.6) is 5.75 Å². The zero-order valence-corrected chi connectivity index (χ0v) is 8.38. The van der Waals surface area contributed by atoms with E-state index in [4.69, 9.17) is 14.3 Å². The number of benzene rings is 1. The molecule has 0 amide bonds. The van der Waals surface area contributed by atoms with Gasteiger partial charge in [-0.1, -0.05) is 0 Å². The molecule has 2 N–H and O–H groups in total. The molecule has 84 valence electrons. The summed E-state index contributed by atoms with van der Waals surface area (Å²) < 4.78 is 10.1. The van der Waals surface area contributed by atoms with Gasteiger partial charge < -0.3 is 19.4 Å². The zero-order valence-electron chi connectivity index (χ0n) is 8.38. The molecular formula is C10H9NO5. The Balaban J connectivity index is 2.47. The van der Waals surface area contributed by atoms with Gasteiger partial charge in [-0.05, 0) is 12.1 Å². The molecular weight excluding hydrogens is 214 g/mol. The third kappa shape index (κ3) is 1.70. The van der Waals surface area contributed by atoms with Crippen LogP contribution >= 0.6 is 0 Å². The number of carbonyl (C=O) groups is 1. The third-order valence-electron chi connectivity index (χ3n) is 2.08. The number of carboxylic acids is 1. The molecule has 0 saturated heterocycles. The SMILES string of the molecule is COc1ccc2nc(C(O)C(=O)O)oc2c1. The van der Waals surface area contributed by atoms with Crippen LogP contribution in [-0.4, -0.2) is 28.3 Å². The molecule has 1 aromatic carbocycles. The quantitative estimate of drug-likeness (QED) is 0.804. The number of ether oxygens (including phenoxy) is 1. The fourth-order valence-electron chi connectivity index (χ4n) is 1.27. The Kier molecular flexibility index (Phi) is 2.49. The Morgan fingerprint density at radius 1 is 1.56 bits per heavy atom. The van der Waals surface area contributed by atoms with Crippen LogP contribution in [0.4, 0.5) is 0 Å². The van der Waals surface area contributed by atoms with Gasteiger partial charge in [0, 0.05) is 6.07 Å². The molecule has 0 aliphatic heterocycles. The van der Waals surface area contributed by atoms with Gasteiger partial charge in [0.05, 0.1) is 7.11 Å². The minimum atomic E-state index is -1.75. The van der Waals surface area contributed by atoms with Gasteiger partial charge in [0.15, 0.2) is 5.58 Å². The largest absolute Gasteiger partial charge is 0.497 e. The molecule has 1 atom stereocenters. The summed E-state index contributed by atoms with van der Waals surface area (Å²) in [5.41, 5.74) is 0.839. The molecule has 1 heterocycles. The van der Waals surface area contributed by atoms with Crippen molar-refractivity contribution < 1.29 is 24.2 Å². The lowest BCUT2D eigenvalue weighted by Gasteiger charge is -1.97. The lowest BCUT2D eigenvalue weighted by Crippen LogP contribution is -2.10. The van der Waals surface area contributed by atoms with E-state index >= 15 is 0 Å². The first kappa shape index (κ1) is 10.4. The van der Waals surface area contributed by atoms with Crippen LogP contribution in [-0.2, 0) is 4.79 Å². The number of fused-ring (bicyclic) bond motifs is 1. The smallest absolute Gasteiger partial charge is 0.342 e. The van der Waals surface area contributed by atoms with Gasteiger partial charge in [-0.25, -0.2) is 9.78 Å². The van der Waals surface area contributed by atoms with Crippen LogP contribution in [0.2, 0.25) is 0 Å². The number of aliphatic hydroxyl groups excluding tert-OH is 1. The second kappa shape index (κ2) is 3.82. The highest BCUT2D eigenvalue weighted by molar-refractivity contribution is 5.77. The molecule has 1 unspecified atom stereocenters. The first-order valence-electron chi connectivity index (χ1n) is 4.47. The maximum absolute atomic E-state index is 10.5. The van der Waals surface area contributed by atoms with E-state index in [9.17, 15) is 9.90 Å². The van der Waals surface area contributed by atoms with Crippen LogP contribution in [0.15, 0.2) is 22.6 Å². The number of nitrogens with zero attached hydrogens (tertiary/aromatic N) is 1. The van der Waals surface area contributed by atoms with E-state index in [1.165, 1.54) is 7.11 Å². The maximum atomic E-state index is 10.5. The Labute approximate surface area is 90.1 Å². The second-order valence-electron chi connectivity index (χ2n) is 3.13. The van der Waals surface area contributed by atoms with Crippen molar-refractivity contribution in [1.82, 2.24) is 4.98 Å². The normalized spacial score (nSPS) is 12.6. The third-order valence-corrected chi connectivity index (χ3v) is 2.08. The van der Waals surface area contributed by atoms with Crippen LogP contribution < -0.4 is 4.74 Å². The highest BCUT2D eigenvalue weighted by Gasteiger charge is 2.22. The van der Waals surface area contributed by atoms with Crippen molar-refractivity contribution in [3.63, 3.8) is 0 Å². The predicted molar refractivity (Wildman–Crippen MR) is 53.2 cm³/mol. The number of oxazole rings is 1. The van der Waals surface area contributed by atoms with E-state index in [-0.39, 0.29) is 5.89 Å². The molecule has 0 aliphatic rings. The van der Waals surface area contributed by atoms with E-state index in [0.717, 1.165) is 0 Å². The van der Waals surface area contributed by atoms with Crippen LogP contribution in [0.1, 0.15) is 12.0 Å². The monoisotopic (exact) mass is 223 g/mol.